The lowest BCUT2D eigenvalue weighted by molar-refractivity contribution is -0.134. The van der Waals surface area contributed by atoms with E-state index in [0.717, 1.165) is 11.1 Å². The van der Waals surface area contributed by atoms with Crippen LogP contribution in [0.15, 0.2) is 66.7 Å². The number of amides is 2. The van der Waals surface area contributed by atoms with Crippen LogP contribution in [0.3, 0.4) is 0 Å². The van der Waals surface area contributed by atoms with E-state index in [4.69, 9.17) is 4.74 Å². The average Bonchev–Trinajstić information content (AvgIpc) is 2.89. The molecule has 200 valence electrons. The van der Waals surface area contributed by atoms with Crippen LogP contribution in [0.5, 0.6) is 5.75 Å². The molecule has 2 amide bonds. The fourth-order valence-corrected chi connectivity index (χ4v) is 4.87. The lowest BCUT2D eigenvalue weighted by Gasteiger charge is -2.38. The normalized spacial score (nSPS) is 15.6. The standard InChI is InChI=1S/C31H34F2N2O3/c1-4-28(31(37)34-19-21-7-5-9-24(32)16-21)38-26-12-11-22-13-14-35(29(36)15-20(2)3)30(27(22)18-26)23-8-6-10-25(33)17-23/h5-12,16-18,20,28,30H,4,13-15,19H2,1-3H3,(H,34,37)/t28-,30+/m1/s1. The van der Waals surface area contributed by atoms with E-state index in [1.54, 1.807) is 18.2 Å². The summed E-state index contributed by atoms with van der Waals surface area (Å²) in [4.78, 5) is 27.9. The van der Waals surface area contributed by atoms with Crippen LogP contribution in [0.2, 0.25) is 0 Å². The zero-order valence-corrected chi connectivity index (χ0v) is 22.0. The minimum atomic E-state index is -0.753. The highest BCUT2D eigenvalue weighted by Crippen LogP contribution is 2.38. The molecule has 0 aromatic heterocycles. The molecule has 1 N–H and O–H groups in total. The SMILES string of the molecule is CC[C@@H](Oc1ccc2c(c1)[C@H](c1cccc(F)c1)N(C(=O)CC(C)C)CC2)C(=O)NCc1cccc(F)c1. The maximum absolute atomic E-state index is 14.2. The number of carbonyl (C=O) groups is 2. The molecule has 7 heteroatoms. The maximum Gasteiger partial charge on any atom is 0.261 e. The summed E-state index contributed by atoms with van der Waals surface area (Å²) in [6.07, 6.45) is 0.756. The van der Waals surface area contributed by atoms with Crippen LogP contribution in [-0.2, 0) is 22.6 Å². The van der Waals surface area contributed by atoms with Gasteiger partial charge in [-0.05, 0) is 77.4 Å². The van der Waals surface area contributed by atoms with Gasteiger partial charge in [0.05, 0.1) is 6.04 Å². The Hall–Kier alpha value is -3.74. The van der Waals surface area contributed by atoms with Crippen molar-refractivity contribution < 1.29 is 23.1 Å². The number of ether oxygens (including phenoxy) is 1. The van der Waals surface area contributed by atoms with Crippen LogP contribution in [-0.4, -0.2) is 29.4 Å². The molecule has 3 aromatic carbocycles. The zero-order valence-electron chi connectivity index (χ0n) is 22.0. The summed E-state index contributed by atoms with van der Waals surface area (Å²) in [5.41, 5.74) is 3.28. The number of nitrogens with one attached hydrogen (secondary N) is 1. The topological polar surface area (TPSA) is 58.6 Å². The number of hydrogen-bond donors (Lipinski definition) is 1. The van der Waals surface area contributed by atoms with Crippen LogP contribution >= 0.6 is 0 Å². The number of carbonyl (C=O) groups excluding carboxylic acids is 2. The van der Waals surface area contributed by atoms with Crippen molar-refractivity contribution >= 4 is 11.8 Å². The van der Waals surface area contributed by atoms with E-state index in [2.05, 4.69) is 5.32 Å². The van der Waals surface area contributed by atoms with Crippen LogP contribution in [0.25, 0.3) is 0 Å². The van der Waals surface area contributed by atoms with Gasteiger partial charge in [0.1, 0.15) is 17.4 Å². The van der Waals surface area contributed by atoms with Crippen molar-refractivity contribution in [2.24, 2.45) is 5.92 Å². The third-order valence-electron chi connectivity index (χ3n) is 6.71. The molecule has 0 bridgehead atoms. The Balaban J connectivity index is 1.58. The first-order chi connectivity index (χ1) is 18.2. The van der Waals surface area contributed by atoms with E-state index in [9.17, 15) is 18.4 Å². The van der Waals surface area contributed by atoms with Gasteiger partial charge < -0.3 is 15.0 Å². The Kier molecular flexibility index (Phi) is 8.77. The van der Waals surface area contributed by atoms with E-state index in [1.165, 1.54) is 24.3 Å². The summed E-state index contributed by atoms with van der Waals surface area (Å²) in [6, 6.07) is 17.6. The van der Waals surface area contributed by atoms with E-state index >= 15 is 0 Å². The van der Waals surface area contributed by atoms with Crippen molar-refractivity contribution in [3.8, 4) is 5.75 Å². The largest absolute Gasteiger partial charge is 0.481 e. The van der Waals surface area contributed by atoms with Crippen molar-refractivity contribution in [2.75, 3.05) is 6.54 Å². The number of hydrogen-bond acceptors (Lipinski definition) is 3. The average molecular weight is 521 g/mol. The molecule has 0 unspecified atom stereocenters. The molecule has 3 aromatic rings. The van der Waals surface area contributed by atoms with Gasteiger partial charge in [-0.3, -0.25) is 9.59 Å². The Bertz CT molecular complexity index is 1290. The van der Waals surface area contributed by atoms with Gasteiger partial charge in [-0.15, -0.1) is 0 Å². The zero-order chi connectivity index (χ0) is 27.2. The van der Waals surface area contributed by atoms with E-state index in [-0.39, 0.29) is 35.9 Å². The first-order valence-electron chi connectivity index (χ1n) is 13.1. The fourth-order valence-electron chi connectivity index (χ4n) is 4.87. The van der Waals surface area contributed by atoms with Gasteiger partial charge in [-0.25, -0.2) is 8.78 Å². The highest BCUT2D eigenvalue weighted by atomic mass is 19.1. The Labute approximate surface area is 222 Å². The molecule has 0 saturated carbocycles. The molecule has 38 heavy (non-hydrogen) atoms. The summed E-state index contributed by atoms with van der Waals surface area (Å²) in [6.45, 7) is 6.59. The van der Waals surface area contributed by atoms with Crippen molar-refractivity contribution in [3.05, 3.63) is 101 Å². The molecule has 1 heterocycles. The molecule has 0 aliphatic carbocycles. The molecule has 0 saturated heterocycles. The summed E-state index contributed by atoms with van der Waals surface area (Å²) in [5.74, 6) is -0.305. The number of fused-ring (bicyclic) bond motifs is 1. The lowest BCUT2D eigenvalue weighted by Crippen LogP contribution is -2.41. The van der Waals surface area contributed by atoms with Crippen LogP contribution < -0.4 is 10.1 Å². The van der Waals surface area contributed by atoms with Gasteiger partial charge >= 0.3 is 0 Å². The molecular formula is C31H34F2N2O3. The van der Waals surface area contributed by atoms with Gasteiger partial charge in [-0.2, -0.15) is 0 Å². The predicted molar refractivity (Wildman–Crippen MR) is 143 cm³/mol. The van der Waals surface area contributed by atoms with E-state index in [1.807, 2.05) is 49.9 Å². The Morgan fingerprint density at radius 3 is 2.45 bits per heavy atom. The van der Waals surface area contributed by atoms with Crippen LogP contribution in [0.4, 0.5) is 8.78 Å². The van der Waals surface area contributed by atoms with E-state index < -0.39 is 12.1 Å². The monoisotopic (exact) mass is 520 g/mol. The summed E-state index contributed by atoms with van der Waals surface area (Å²) >= 11 is 0. The molecule has 0 spiro atoms. The first-order valence-corrected chi connectivity index (χ1v) is 13.1. The quantitative estimate of drug-likeness (QED) is 0.379. The first kappa shape index (κ1) is 27.3. The predicted octanol–water partition coefficient (Wildman–Crippen LogP) is 5.96. The van der Waals surface area contributed by atoms with Gasteiger partial charge in [-0.1, -0.05) is 51.1 Å². The minimum absolute atomic E-state index is 0.0226. The third-order valence-corrected chi connectivity index (χ3v) is 6.71. The summed E-state index contributed by atoms with van der Waals surface area (Å²) in [7, 11) is 0. The molecular weight excluding hydrogens is 486 g/mol. The minimum Gasteiger partial charge on any atom is -0.481 e. The van der Waals surface area contributed by atoms with Crippen molar-refractivity contribution in [2.45, 2.75) is 58.7 Å². The molecule has 0 radical (unpaired) electrons. The second kappa shape index (κ2) is 12.2. The number of nitrogens with zero attached hydrogens (tertiary/aromatic N) is 1. The summed E-state index contributed by atoms with van der Waals surface area (Å²) < 4.78 is 33.8. The highest BCUT2D eigenvalue weighted by Gasteiger charge is 2.33. The lowest BCUT2D eigenvalue weighted by atomic mass is 9.87. The van der Waals surface area contributed by atoms with Gasteiger partial charge in [0.2, 0.25) is 5.91 Å². The van der Waals surface area contributed by atoms with Crippen molar-refractivity contribution in [3.63, 3.8) is 0 Å². The highest BCUT2D eigenvalue weighted by molar-refractivity contribution is 5.81. The van der Waals surface area contributed by atoms with Gasteiger partial charge in [0.15, 0.2) is 6.10 Å². The fraction of sp³-hybridized carbons (Fsp3) is 0.355. The maximum atomic E-state index is 14.2. The van der Waals surface area contributed by atoms with Crippen LogP contribution in [0, 0.1) is 17.6 Å². The Morgan fingerprint density at radius 1 is 1.03 bits per heavy atom. The van der Waals surface area contributed by atoms with Crippen molar-refractivity contribution in [1.29, 1.82) is 0 Å². The molecule has 1 aliphatic heterocycles. The molecule has 4 rings (SSSR count). The molecule has 5 nitrogen and oxygen atoms in total. The van der Waals surface area contributed by atoms with Crippen LogP contribution in [0.1, 0.15) is 61.9 Å². The molecule has 0 fully saturated rings. The molecule has 1 aliphatic rings. The number of benzene rings is 3. The number of halogens is 2. The van der Waals surface area contributed by atoms with Gasteiger partial charge in [0, 0.05) is 19.5 Å². The summed E-state index contributed by atoms with van der Waals surface area (Å²) in [5, 5.41) is 2.82. The van der Waals surface area contributed by atoms with E-state index in [0.29, 0.717) is 42.7 Å². The third kappa shape index (κ3) is 6.57. The smallest absolute Gasteiger partial charge is 0.261 e. The second-order valence-electron chi connectivity index (χ2n) is 10.1. The Morgan fingerprint density at radius 2 is 1.76 bits per heavy atom. The van der Waals surface area contributed by atoms with Gasteiger partial charge in [0.25, 0.3) is 5.91 Å². The van der Waals surface area contributed by atoms with Crippen molar-refractivity contribution in [1.82, 2.24) is 10.2 Å². The number of rotatable bonds is 9. The second-order valence-corrected chi connectivity index (χ2v) is 10.1. The molecule has 2 atom stereocenters.